The summed E-state index contributed by atoms with van der Waals surface area (Å²) in [5.74, 6) is -0.148. The van der Waals surface area contributed by atoms with Gasteiger partial charge < -0.3 is 11.1 Å². The highest BCUT2D eigenvalue weighted by Crippen LogP contribution is 2.26. The number of nitrogens with one attached hydrogen (secondary N) is 1. The normalized spacial score (nSPS) is 12.6. The van der Waals surface area contributed by atoms with Gasteiger partial charge in [0.25, 0.3) is 5.91 Å². The van der Waals surface area contributed by atoms with Gasteiger partial charge in [0.05, 0.1) is 5.02 Å². The van der Waals surface area contributed by atoms with Gasteiger partial charge in [-0.3, -0.25) is 4.79 Å². The number of halogens is 1. The van der Waals surface area contributed by atoms with Gasteiger partial charge in [-0.1, -0.05) is 11.6 Å². The largest absolute Gasteiger partial charge is 0.350 e. The van der Waals surface area contributed by atoms with Crippen LogP contribution in [-0.4, -0.2) is 18.5 Å². The molecule has 3 N–H and O–H groups in total. The van der Waals surface area contributed by atoms with Crippen molar-refractivity contribution in [2.24, 2.45) is 5.73 Å². The number of amides is 1. The van der Waals surface area contributed by atoms with E-state index >= 15 is 0 Å². The van der Waals surface area contributed by atoms with Crippen molar-refractivity contribution in [3.05, 3.63) is 20.8 Å². The van der Waals surface area contributed by atoms with Crippen LogP contribution in [0.4, 0.5) is 0 Å². The molecule has 1 atom stereocenters. The zero-order chi connectivity index (χ0) is 10.7. The predicted molar refractivity (Wildman–Crippen MR) is 60.0 cm³/mol. The minimum Gasteiger partial charge on any atom is -0.350 e. The van der Waals surface area contributed by atoms with Gasteiger partial charge in [-0.25, -0.2) is 0 Å². The Morgan fingerprint density at radius 3 is 2.86 bits per heavy atom. The van der Waals surface area contributed by atoms with Crippen LogP contribution in [0.1, 0.15) is 22.2 Å². The van der Waals surface area contributed by atoms with Crippen LogP contribution in [0.2, 0.25) is 5.02 Å². The molecule has 14 heavy (non-hydrogen) atoms. The first kappa shape index (κ1) is 11.5. The molecule has 0 aliphatic heterocycles. The minimum absolute atomic E-state index is 0.0428. The average molecular weight is 233 g/mol. The smallest absolute Gasteiger partial charge is 0.262 e. The number of hydrogen-bond acceptors (Lipinski definition) is 3. The van der Waals surface area contributed by atoms with E-state index in [2.05, 4.69) is 5.32 Å². The number of rotatable bonds is 3. The lowest BCUT2D eigenvalue weighted by atomic mass is 10.3. The highest BCUT2D eigenvalue weighted by atomic mass is 35.5. The van der Waals surface area contributed by atoms with Gasteiger partial charge in [-0.2, -0.15) is 0 Å². The van der Waals surface area contributed by atoms with Gasteiger partial charge in [-0.15, -0.1) is 11.3 Å². The molecular weight excluding hydrogens is 220 g/mol. The van der Waals surface area contributed by atoms with E-state index in [9.17, 15) is 4.79 Å². The number of thiophene rings is 1. The average Bonchev–Trinajstić information content (AvgIpc) is 2.44. The summed E-state index contributed by atoms with van der Waals surface area (Å²) in [5.41, 5.74) is 6.45. The summed E-state index contributed by atoms with van der Waals surface area (Å²) in [5, 5.41) is 5.12. The SMILES string of the molecule is Cc1csc(C(=O)NCC(C)N)c1Cl. The molecule has 1 aromatic heterocycles. The Bertz CT molecular complexity index is 336. The topological polar surface area (TPSA) is 55.1 Å². The van der Waals surface area contributed by atoms with Crippen molar-refractivity contribution in [2.45, 2.75) is 19.9 Å². The summed E-state index contributed by atoms with van der Waals surface area (Å²) in [7, 11) is 0. The van der Waals surface area contributed by atoms with Crippen LogP contribution >= 0.6 is 22.9 Å². The van der Waals surface area contributed by atoms with Gasteiger partial charge >= 0.3 is 0 Å². The van der Waals surface area contributed by atoms with E-state index in [1.807, 2.05) is 19.2 Å². The monoisotopic (exact) mass is 232 g/mol. The number of carbonyl (C=O) groups is 1. The Kier molecular flexibility index (Phi) is 3.92. The molecule has 1 aromatic rings. The van der Waals surface area contributed by atoms with E-state index < -0.39 is 0 Å². The molecule has 0 aliphatic carbocycles. The zero-order valence-corrected chi connectivity index (χ0v) is 9.71. The number of aryl methyl sites for hydroxylation is 1. The van der Waals surface area contributed by atoms with Crippen LogP contribution < -0.4 is 11.1 Å². The molecular formula is C9H13ClN2OS. The van der Waals surface area contributed by atoms with Crippen molar-refractivity contribution >= 4 is 28.8 Å². The third-order valence-corrected chi connectivity index (χ3v) is 3.39. The Labute approximate surface area is 92.3 Å². The van der Waals surface area contributed by atoms with E-state index in [4.69, 9.17) is 17.3 Å². The molecule has 5 heteroatoms. The van der Waals surface area contributed by atoms with Crippen LogP contribution in [0.5, 0.6) is 0 Å². The van der Waals surface area contributed by atoms with Gasteiger partial charge in [0.15, 0.2) is 0 Å². The van der Waals surface area contributed by atoms with E-state index in [1.165, 1.54) is 11.3 Å². The lowest BCUT2D eigenvalue weighted by molar-refractivity contribution is 0.0956. The first-order valence-corrected chi connectivity index (χ1v) is 5.55. The number of nitrogens with two attached hydrogens (primary N) is 1. The summed E-state index contributed by atoms with van der Waals surface area (Å²) in [6.07, 6.45) is 0. The molecule has 0 saturated carbocycles. The fourth-order valence-corrected chi connectivity index (χ4v) is 2.11. The maximum atomic E-state index is 11.5. The van der Waals surface area contributed by atoms with Crippen molar-refractivity contribution < 1.29 is 4.79 Å². The number of carbonyl (C=O) groups excluding carboxylic acids is 1. The number of hydrogen-bond donors (Lipinski definition) is 2. The predicted octanol–water partition coefficient (Wildman–Crippen LogP) is 1.79. The summed E-state index contributed by atoms with van der Waals surface area (Å²) < 4.78 is 0. The van der Waals surface area contributed by atoms with Crippen LogP contribution in [0.15, 0.2) is 5.38 Å². The quantitative estimate of drug-likeness (QED) is 0.835. The Morgan fingerprint density at radius 1 is 1.79 bits per heavy atom. The Morgan fingerprint density at radius 2 is 2.43 bits per heavy atom. The van der Waals surface area contributed by atoms with Crippen molar-refractivity contribution in [3.63, 3.8) is 0 Å². The molecule has 0 fully saturated rings. The molecule has 0 radical (unpaired) electrons. The molecule has 0 aliphatic rings. The molecule has 1 amide bonds. The lowest BCUT2D eigenvalue weighted by Crippen LogP contribution is -2.34. The highest BCUT2D eigenvalue weighted by Gasteiger charge is 2.14. The van der Waals surface area contributed by atoms with E-state index in [1.54, 1.807) is 0 Å². The lowest BCUT2D eigenvalue weighted by Gasteiger charge is -2.06. The third kappa shape index (κ3) is 2.70. The minimum atomic E-state index is -0.148. The van der Waals surface area contributed by atoms with Crippen LogP contribution in [0.3, 0.4) is 0 Å². The van der Waals surface area contributed by atoms with Crippen molar-refractivity contribution in [3.8, 4) is 0 Å². The van der Waals surface area contributed by atoms with Gasteiger partial charge in [0.1, 0.15) is 4.88 Å². The second kappa shape index (κ2) is 4.77. The van der Waals surface area contributed by atoms with E-state index in [0.717, 1.165) is 5.56 Å². The second-order valence-corrected chi connectivity index (χ2v) is 4.51. The zero-order valence-electron chi connectivity index (χ0n) is 8.13. The first-order valence-electron chi connectivity index (χ1n) is 4.29. The molecule has 0 bridgehead atoms. The Hall–Kier alpha value is -0.580. The second-order valence-electron chi connectivity index (χ2n) is 3.25. The van der Waals surface area contributed by atoms with Gasteiger partial charge in [0.2, 0.25) is 0 Å². The molecule has 78 valence electrons. The third-order valence-electron chi connectivity index (χ3n) is 1.69. The molecule has 0 saturated heterocycles. The van der Waals surface area contributed by atoms with Gasteiger partial charge in [-0.05, 0) is 24.8 Å². The van der Waals surface area contributed by atoms with E-state index in [-0.39, 0.29) is 11.9 Å². The molecule has 1 unspecified atom stereocenters. The molecule has 3 nitrogen and oxygen atoms in total. The van der Waals surface area contributed by atoms with Crippen LogP contribution in [-0.2, 0) is 0 Å². The molecule has 0 spiro atoms. The van der Waals surface area contributed by atoms with Crippen molar-refractivity contribution in [1.29, 1.82) is 0 Å². The molecule has 1 heterocycles. The summed E-state index contributed by atoms with van der Waals surface area (Å²) in [6.45, 7) is 4.18. The van der Waals surface area contributed by atoms with Crippen LogP contribution in [0, 0.1) is 6.92 Å². The van der Waals surface area contributed by atoms with Gasteiger partial charge in [0, 0.05) is 12.6 Å². The molecule has 1 rings (SSSR count). The molecule has 0 aromatic carbocycles. The standard InChI is InChI=1S/C9H13ClN2OS/c1-5-4-14-8(7(5)10)9(13)12-3-6(2)11/h4,6H,3,11H2,1-2H3,(H,12,13). The fourth-order valence-electron chi connectivity index (χ4n) is 0.917. The van der Waals surface area contributed by atoms with E-state index in [0.29, 0.717) is 16.4 Å². The maximum Gasteiger partial charge on any atom is 0.262 e. The summed E-state index contributed by atoms with van der Waals surface area (Å²) in [4.78, 5) is 12.1. The van der Waals surface area contributed by atoms with Crippen molar-refractivity contribution in [2.75, 3.05) is 6.54 Å². The highest BCUT2D eigenvalue weighted by molar-refractivity contribution is 7.13. The first-order chi connectivity index (χ1) is 6.52. The maximum absolute atomic E-state index is 11.5. The summed E-state index contributed by atoms with van der Waals surface area (Å²) >= 11 is 7.29. The Balaban J connectivity index is 2.66. The van der Waals surface area contributed by atoms with Crippen LogP contribution in [0.25, 0.3) is 0 Å². The summed E-state index contributed by atoms with van der Waals surface area (Å²) in [6, 6.07) is -0.0428. The fraction of sp³-hybridized carbons (Fsp3) is 0.444. The van der Waals surface area contributed by atoms with Crippen molar-refractivity contribution in [1.82, 2.24) is 5.32 Å².